The van der Waals surface area contributed by atoms with E-state index in [1.165, 1.54) is 18.2 Å². The first-order chi connectivity index (χ1) is 13.4. The van der Waals surface area contributed by atoms with Gasteiger partial charge in [0.2, 0.25) is 0 Å². The minimum absolute atomic E-state index is 0.0123. The second-order valence-corrected chi connectivity index (χ2v) is 6.65. The number of aryl methyl sites for hydroxylation is 1. The first-order valence-corrected chi connectivity index (χ1v) is 8.88. The van der Waals surface area contributed by atoms with Gasteiger partial charge in [-0.15, -0.1) is 0 Å². The van der Waals surface area contributed by atoms with E-state index in [0.29, 0.717) is 21.4 Å². The van der Waals surface area contributed by atoms with Crippen LogP contribution in [0.4, 0.5) is 14.9 Å². The Morgan fingerprint density at radius 1 is 1.18 bits per heavy atom. The summed E-state index contributed by atoms with van der Waals surface area (Å²) in [6.07, 6.45) is 0.0308. The van der Waals surface area contributed by atoms with Crippen molar-refractivity contribution in [1.29, 1.82) is 0 Å². The molecule has 0 aliphatic rings. The van der Waals surface area contributed by atoms with Crippen molar-refractivity contribution >= 4 is 52.8 Å². The van der Waals surface area contributed by atoms with Crippen LogP contribution in [0.25, 0.3) is 11.3 Å². The lowest BCUT2D eigenvalue weighted by Crippen LogP contribution is -2.12. The summed E-state index contributed by atoms with van der Waals surface area (Å²) in [6.45, 7) is 1.58. The highest BCUT2D eigenvalue weighted by atomic mass is 35.5. The fourth-order valence-electron chi connectivity index (χ4n) is 2.30. The van der Waals surface area contributed by atoms with E-state index in [1.807, 2.05) is 0 Å². The van der Waals surface area contributed by atoms with E-state index in [-0.39, 0.29) is 22.0 Å². The van der Waals surface area contributed by atoms with Crippen LogP contribution in [0.1, 0.15) is 11.3 Å². The third-order valence-corrected chi connectivity index (χ3v) is 4.57. The number of carbonyl (C=O) groups excluding carboxylic acids is 1. The molecule has 0 saturated heterocycles. The number of nitrogens with zero attached hydrogens (tertiary/aromatic N) is 2. The molecule has 144 valence electrons. The predicted molar refractivity (Wildman–Crippen MR) is 106 cm³/mol. The first kappa shape index (κ1) is 20.1. The van der Waals surface area contributed by atoms with E-state index in [9.17, 15) is 9.18 Å². The largest absolute Gasteiger partial charge is 0.438 e. The molecule has 0 saturated carbocycles. The van der Waals surface area contributed by atoms with Crippen molar-refractivity contribution in [2.24, 2.45) is 5.16 Å². The van der Waals surface area contributed by atoms with Crippen LogP contribution in [-0.2, 0) is 4.84 Å². The Kier molecular flexibility index (Phi) is 6.18. The molecule has 28 heavy (non-hydrogen) atoms. The van der Waals surface area contributed by atoms with Crippen LogP contribution in [-0.4, -0.2) is 17.5 Å². The van der Waals surface area contributed by atoms with Crippen LogP contribution in [0.15, 0.2) is 46.1 Å². The average molecular weight is 443 g/mol. The van der Waals surface area contributed by atoms with Gasteiger partial charge < -0.3 is 4.52 Å². The standard InChI is InChI=1S/C18H11Cl3FN3O3/c1-9-16(17(25-27-9)15-12(20)5-2-6-13(15)21)24-18(26)28-23-8-10-11(19)4-3-7-14(10)22/h2-8H,1H3,(H,24,26)/b23-8-. The molecule has 0 aliphatic heterocycles. The maximum absolute atomic E-state index is 13.7. The fraction of sp³-hybridized carbons (Fsp3) is 0.0556. The van der Waals surface area contributed by atoms with Crippen LogP contribution in [0.5, 0.6) is 0 Å². The molecule has 0 aliphatic carbocycles. The highest BCUT2D eigenvalue weighted by Crippen LogP contribution is 2.39. The minimum Gasteiger partial charge on any atom is -0.359 e. The summed E-state index contributed by atoms with van der Waals surface area (Å²) in [5, 5.41) is 10.6. The smallest absolute Gasteiger partial charge is 0.359 e. The van der Waals surface area contributed by atoms with Crippen LogP contribution in [0, 0.1) is 12.7 Å². The maximum atomic E-state index is 13.7. The van der Waals surface area contributed by atoms with Gasteiger partial charge in [-0.3, -0.25) is 10.2 Å². The van der Waals surface area contributed by atoms with Gasteiger partial charge in [-0.25, -0.2) is 9.18 Å². The number of carbonyl (C=O) groups is 1. The third kappa shape index (κ3) is 4.27. The normalized spacial score (nSPS) is 11.0. The molecule has 10 heteroatoms. The van der Waals surface area contributed by atoms with Crippen LogP contribution in [0.3, 0.4) is 0 Å². The summed E-state index contributed by atoms with van der Waals surface area (Å²) < 4.78 is 18.8. The molecule has 3 aromatic rings. The molecule has 0 fully saturated rings. The first-order valence-electron chi connectivity index (χ1n) is 7.74. The van der Waals surface area contributed by atoms with E-state index in [4.69, 9.17) is 44.2 Å². The number of aromatic nitrogens is 1. The quantitative estimate of drug-likeness (QED) is 0.291. The Morgan fingerprint density at radius 2 is 1.82 bits per heavy atom. The molecule has 0 radical (unpaired) electrons. The summed E-state index contributed by atoms with van der Waals surface area (Å²) >= 11 is 18.2. The van der Waals surface area contributed by atoms with Crippen molar-refractivity contribution in [2.75, 3.05) is 5.32 Å². The molecule has 1 N–H and O–H groups in total. The molecule has 0 atom stereocenters. The van der Waals surface area contributed by atoms with Crippen molar-refractivity contribution in [3.8, 4) is 11.3 Å². The van der Waals surface area contributed by atoms with Crippen molar-refractivity contribution < 1.29 is 18.5 Å². The number of anilines is 1. The van der Waals surface area contributed by atoms with E-state index >= 15 is 0 Å². The number of nitrogens with one attached hydrogen (secondary N) is 1. The highest BCUT2D eigenvalue weighted by molar-refractivity contribution is 6.39. The summed E-state index contributed by atoms with van der Waals surface area (Å²) in [4.78, 5) is 16.8. The number of oxime groups is 1. The molecule has 2 aromatic carbocycles. The number of amides is 1. The van der Waals surface area contributed by atoms with Gasteiger partial charge in [0.1, 0.15) is 17.2 Å². The van der Waals surface area contributed by atoms with E-state index < -0.39 is 11.9 Å². The predicted octanol–water partition coefficient (Wildman–Crippen LogP) is 6.33. The van der Waals surface area contributed by atoms with E-state index in [1.54, 1.807) is 25.1 Å². The second kappa shape index (κ2) is 8.60. The van der Waals surface area contributed by atoms with Gasteiger partial charge >= 0.3 is 6.09 Å². The van der Waals surface area contributed by atoms with Crippen molar-refractivity contribution in [3.63, 3.8) is 0 Å². The lowest BCUT2D eigenvalue weighted by atomic mass is 10.1. The molecule has 0 unspecified atom stereocenters. The van der Waals surface area contributed by atoms with Crippen LogP contribution >= 0.6 is 34.8 Å². The molecular formula is C18H11Cl3FN3O3. The lowest BCUT2D eigenvalue weighted by molar-refractivity contribution is 0.167. The monoisotopic (exact) mass is 441 g/mol. The minimum atomic E-state index is -0.959. The van der Waals surface area contributed by atoms with Crippen LogP contribution < -0.4 is 5.32 Å². The van der Waals surface area contributed by atoms with Crippen LogP contribution in [0.2, 0.25) is 15.1 Å². The Morgan fingerprint density at radius 3 is 2.50 bits per heavy atom. The Hall–Kier alpha value is -2.61. The zero-order valence-corrected chi connectivity index (χ0v) is 16.4. The maximum Gasteiger partial charge on any atom is 0.438 e. The summed E-state index contributed by atoms with van der Waals surface area (Å²) in [6, 6.07) is 9.04. The van der Waals surface area contributed by atoms with Gasteiger partial charge in [0, 0.05) is 5.56 Å². The van der Waals surface area contributed by atoms with E-state index in [2.05, 4.69) is 15.6 Å². The van der Waals surface area contributed by atoms with Gasteiger partial charge in [-0.2, -0.15) is 0 Å². The van der Waals surface area contributed by atoms with Gasteiger partial charge in [-0.05, 0) is 31.2 Å². The zero-order chi connectivity index (χ0) is 20.3. The topological polar surface area (TPSA) is 76.7 Å². The van der Waals surface area contributed by atoms with Gasteiger partial charge in [-0.1, -0.05) is 57.2 Å². The Balaban J connectivity index is 1.79. The fourth-order valence-corrected chi connectivity index (χ4v) is 3.09. The second-order valence-electron chi connectivity index (χ2n) is 5.43. The third-order valence-electron chi connectivity index (χ3n) is 3.61. The average Bonchev–Trinajstić information content (AvgIpc) is 2.98. The molecule has 6 nitrogen and oxygen atoms in total. The van der Waals surface area contributed by atoms with Crippen molar-refractivity contribution in [2.45, 2.75) is 6.92 Å². The van der Waals surface area contributed by atoms with Crippen molar-refractivity contribution in [3.05, 3.63) is 68.6 Å². The lowest BCUT2D eigenvalue weighted by Gasteiger charge is -2.07. The number of rotatable bonds is 4. The van der Waals surface area contributed by atoms with Gasteiger partial charge in [0.05, 0.1) is 26.8 Å². The zero-order valence-electron chi connectivity index (χ0n) is 14.2. The number of hydrogen-bond acceptors (Lipinski definition) is 5. The molecule has 1 aromatic heterocycles. The Bertz CT molecular complexity index is 1030. The highest BCUT2D eigenvalue weighted by Gasteiger charge is 2.22. The summed E-state index contributed by atoms with van der Waals surface area (Å²) in [5.74, 6) is -0.310. The summed E-state index contributed by atoms with van der Waals surface area (Å²) in [7, 11) is 0. The number of halogens is 4. The SMILES string of the molecule is Cc1onc(-c2c(Cl)cccc2Cl)c1NC(=O)O/N=C\c1c(F)cccc1Cl. The molecule has 1 amide bonds. The van der Waals surface area contributed by atoms with Gasteiger partial charge in [0.15, 0.2) is 5.76 Å². The molecule has 3 rings (SSSR count). The molecular weight excluding hydrogens is 432 g/mol. The van der Waals surface area contributed by atoms with Crippen molar-refractivity contribution in [1.82, 2.24) is 5.16 Å². The Labute approximate surface area is 173 Å². The van der Waals surface area contributed by atoms with E-state index in [0.717, 1.165) is 6.21 Å². The van der Waals surface area contributed by atoms with Gasteiger partial charge in [0.25, 0.3) is 0 Å². The molecule has 1 heterocycles. The summed E-state index contributed by atoms with van der Waals surface area (Å²) in [5.41, 5.74) is 0.812. The number of hydrogen-bond donors (Lipinski definition) is 1. The molecule has 0 bridgehead atoms. The molecule has 0 spiro atoms. The number of benzene rings is 2.